The van der Waals surface area contributed by atoms with E-state index in [1.807, 2.05) is 11.9 Å². The summed E-state index contributed by atoms with van der Waals surface area (Å²) in [5, 5.41) is 0. The SMILES string of the molecule is CC1CCCC(N(C)C(=O)C(C)(C)C(N)=S)C1. The van der Waals surface area contributed by atoms with Crippen LogP contribution in [0.25, 0.3) is 0 Å². The van der Waals surface area contributed by atoms with Crippen LogP contribution in [0.15, 0.2) is 0 Å². The van der Waals surface area contributed by atoms with Crippen LogP contribution in [-0.2, 0) is 4.79 Å². The van der Waals surface area contributed by atoms with E-state index in [1.165, 1.54) is 12.8 Å². The Morgan fingerprint density at radius 1 is 1.41 bits per heavy atom. The second kappa shape index (κ2) is 5.34. The summed E-state index contributed by atoms with van der Waals surface area (Å²) in [6.07, 6.45) is 4.67. The summed E-state index contributed by atoms with van der Waals surface area (Å²) < 4.78 is 0. The lowest BCUT2D eigenvalue weighted by atomic mass is 9.84. The van der Waals surface area contributed by atoms with E-state index in [1.54, 1.807) is 13.8 Å². The van der Waals surface area contributed by atoms with Gasteiger partial charge in [0.2, 0.25) is 5.91 Å². The van der Waals surface area contributed by atoms with E-state index in [0.29, 0.717) is 12.0 Å². The molecule has 0 aromatic rings. The predicted molar refractivity (Wildman–Crippen MR) is 74.8 cm³/mol. The summed E-state index contributed by atoms with van der Waals surface area (Å²) in [5.74, 6) is 0.751. The van der Waals surface area contributed by atoms with Crippen LogP contribution in [0.4, 0.5) is 0 Å². The highest BCUT2D eigenvalue weighted by molar-refractivity contribution is 7.80. The van der Waals surface area contributed by atoms with Gasteiger partial charge in [0, 0.05) is 13.1 Å². The summed E-state index contributed by atoms with van der Waals surface area (Å²) in [7, 11) is 1.88. The van der Waals surface area contributed by atoms with E-state index in [0.717, 1.165) is 12.8 Å². The summed E-state index contributed by atoms with van der Waals surface area (Å²) in [5.41, 5.74) is 4.92. The van der Waals surface area contributed by atoms with Crippen LogP contribution in [-0.4, -0.2) is 28.9 Å². The second-order valence-corrected chi connectivity index (χ2v) is 6.27. The molecule has 0 heterocycles. The summed E-state index contributed by atoms with van der Waals surface area (Å²) in [6, 6.07) is 0.347. The lowest BCUT2D eigenvalue weighted by molar-refractivity contribution is -0.138. The third-order valence-electron chi connectivity index (χ3n) is 3.93. The van der Waals surface area contributed by atoms with Crippen molar-refractivity contribution in [2.45, 2.75) is 52.5 Å². The van der Waals surface area contributed by atoms with Gasteiger partial charge in [0.25, 0.3) is 0 Å². The molecule has 4 heteroatoms. The fourth-order valence-electron chi connectivity index (χ4n) is 2.47. The fraction of sp³-hybridized carbons (Fsp3) is 0.846. The molecule has 1 rings (SSSR count). The van der Waals surface area contributed by atoms with Crippen LogP contribution < -0.4 is 5.73 Å². The zero-order chi connectivity index (χ0) is 13.2. The van der Waals surface area contributed by atoms with Crippen LogP contribution in [0.1, 0.15) is 46.5 Å². The number of nitrogens with zero attached hydrogens (tertiary/aromatic N) is 1. The van der Waals surface area contributed by atoms with E-state index in [4.69, 9.17) is 18.0 Å². The Kier molecular flexibility index (Phi) is 4.53. The van der Waals surface area contributed by atoms with Gasteiger partial charge in [-0.05, 0) is 32.6 Å². The highest BCUT2D eigenvalue weighted by atomic mass is 32.1. The Morgan fingerprint density at radius 2 is 2.00 bits per heavy atom. The van der Waals surface area contributed by atoms with Gasteiger partial charge in [0.05, 0.1) is 10.4 Å². The Balaban J connectivity index is 2.72. The first-order valence-corrected chi connectivity index (χ1v) is 6.74. The standard InChI is InChI=1S/C13H24N2OS/c1-9-6-5-7-10(8-9)15(4)12(16)13(2,3)11(14)17/h9-10H,5-8H2,1-4H3,(H2,14,17). The molecule has 17 heavy (non-hydrogen) atoms. The topological polar surface area (TPSA) is 46.3 Å². The highest BCUT2D eigenvalue weighted by Crippen LogP contribution is 2.29. The van der Waals surface area contributed by atoms with E-state index in [-0.39, 0.29) is 10.9 Å². The van der Waals surface area contributed by atoms with Crippen molar-refractivity contribution in [3.63, 3.8) is 0 Å². The van der Waals surface area contributed by atoms with E-state index in [9.17, 15) is 4.79 Å². The zero-order valence-corrected chi connectivity index (χ0v) is 12.1. The molecule has 2 atom stereocenters. The van der Waals surface area contributed by atoms with Gasteiger partial charge in [-0.3, -0.25) is 4.79 Å². The van der Waals surface area contributed by atoms with Crippen molar-refractivity contribution < 1.29 is 4.79 Å². The first-order valence-electron chi connectivity index (χ1n) is 6.34. The van der Waals surface area contributed by atoms with Crippen LogP contribution in [0.5, 0.6) is 0 Å². The predicted octanol–water partition coefficient (Wildman–Crippen LogP) is 2.34. The van der Waals surface area contributed by atoms with Crippen LogP contribution in [0, 0.1) is 11.3 Å². The lowest BCUT2D eigenvalue weighted by Crippen LogP contribution is -2.50. The van der Waals surface area contributed by atoms with Gasteiger partial charge in [-0.25, -0.2) is 0 Å². The third kappa shape index (κ3) is 3.18. The monoisotopic (exact) mass is 256 g/mol. The van der Waals surface area contributed by atoms with E-state index >= 15 is 0 Å². The number of amides is 1. The summed E-state index contributed by atoms with van der Waals surface area (Å²) >= 11 is 4.98. The maximum absolute atomic E-state index is 12.4. The number of rotatable bonds is 3. The first-order chi connectivity index (χ1) is 7.76. The molecule has 1 saturated carbocycles. The van der Waals surface area contributed by atoms with E-state index in [2.05, 4.69) is 6.92 Å². The van der Waals surface area contributed by atoms with Gasteiger partial charge in [0.15, 0.2) is 0 Å². The normalized spacial score (nSPS) is 25.4. The molecule has 1 aliphatic rings. The minimum atomic E-state index is -0.731. The average molecular weight is 256 g/mol. The molecule has 0 radical (unpaired) electrons. The Labute approximate surface area is 110 Å². The summed E-state index contributed by atoms with van der Waals surface area (Å²) in [4.78, 5) is 14.5. The summed E-state index contributed by atoms with van der Waals surface area (Å²) in [6.45, 7) is 5.87. The molecule has 0 aromatic carbocycles. The van der Waals surface area contributed by atoms with Crippen LogP contribution in [0.2, 0.25) is 0 Å². The number of carbonyl (C=O) groups is 1. The smallest absolute Gasteiger partial charge is 0.235 e. The van der Waals surface area contributed by atoms with Crippen molar-refractivity contribution in [1.29, 1.82) is 0 Å². The number of nitrogens with two attached hydrogens (primary N) is 1. The number of hydrogen-bond donors (Lipinski definition) is 1. The van der Waals surface area contributed by atoms with Gasteiger partial charge in [-0.1, -0.05) is 32.0 Å². The van der Waals surface area contributed by atoms with E-state index < -0.39 is 5.41 Å². The quantitative estimate of drug-likeness (QED) is 0.788. The lowest BCUT2D eigenvalue weighted by Gasteiger charge is -2.38. The number of hydrogen-bond acceptors (Lipinski definition) is 2. The van der Waals surface area contributed by atoms with Gasteiger partial charge in [0.1, 0.15) is 0 Å². The highest BCUT2D eigenvalue weighted by Gasteiger charge is 2.36. The van der Waals surface area contributed by atoms with Crippen molar-refractivity contribution >= 4 is 23.1 Å². The zero-order valence-electron chi connectivity index (χ0n) is 11.3. The van der Waals surface area contributed by atoms with Crippen molar-refractivity contribution in [2.24, 2.45) is 17.1 Å². The number of thiocarbonyl (C=S) groups is 1. The Bertz CT molecular complexity index is 315. The molecule has 3 nitrogen and oxygen atoms in total. The minimum absolute atomic E-state index is 0.0455. The molecule has 2 unspecified atom stereocenters. The van der Waals surface area contributed by atoms with Crippen molar-refractivity contribution in [3.8, 4) is 0 Å². The maximum Gasteiger partial charge on any atom is 0.235 e. The molecular weight excluding hydrogens is 232 g/mol. The molecular formula is C13H24N2OS. The molecule has 98 valence electrons. The van der Waals surface area contributed by atoms with Crippen molar-refractivity contribution in [1.82, 2.24) is 4.90 Å². The molecule has 0 saturated heterocycles. The van der Waals surface area contributed by atoms with Crippen molar-refractivity contribution in [3.05, 3.63) is 0 Å². The average Bonchev–Trinajstić information content (AvgIpc) is 2.26. The molecule has 0 aromatic heterocycles. The third-order valence-corrected chi connectivity index (χ3v) is 4.44. The Hall–Kier alpha value is -0.640. The van der Waals surface area contributed by atoms with Gasteiger partial charge in [-0.2, -0.15) is 0 Å². The first kappa shape index (κ1) is 14.4. The molecule has 1 fully saturated rings. The second-order valence-electron chi connectivity index (χ2n) is 5.83. The van der Waals surface area contributed by atoms with Gasteiger partial charge < -0.3 is 10.6 Å². The van der Waals surface area contributed by atoms with Crippen molar-refractivity contribution in [2.75, 3.05) is 7.05 Å². The van der Waals surface area contributed by atoms with Crippen LogP contribution >= 0.6 is 12.2 Å². The molecule has 0 spiro atoms. The molecule has 0 aliphatic heterocycles. The fourth-order valence-corrected chi connectivity index (χ4v) is 2.55. The Morgan fingerprint density at radius 3 is 2.47 bits per heavy atom. The van der Waals surface area contributed by atoms with Gasteiger partial charge >= 0.3 is 0 Å². The minimum Gasteiger partial charge on any atom is -0.392 e. The van der Waals surface area contributed by atoms with Gasteiger partial charge in [-0.15, -0.1) is 0 Å². The van der Waals surface area contributed by atoms with Crippen LogP contribution in [0.3, 0.4) is 0 Å². The largest absolute Gasteiger partial charge is 0.392 e. The maximum atomic E-state index is 12.4. The molecule has 1 amide bonds. The molecule has 2 N–H and O–H groups in total. The molecule has 1 aliphatic carbocycles. The number of carbonyl (C=O) groups excluding carboxylic acids is 1. The molecule has 0 bridgehead atoms.